The van der Waals surface area contributed by atoms with Gasteiger partial charge in [-0.25, -0.2) is 4.79 Å². The molecule has 1 aliphatic carbocycles. The van der Waals surface area contributed by atoms with Crippen molar-refractivity contribution in [1.29, 1.82) is 0 Å². The summed E-state index contributed by atoms with van der Waals surface area (Å²) in [5, 5.41) is 13.3. The number of hydrogen-bond acceptors (Lipinski definition) is 4. The van der Waals surface area contributed by atoms with Crippen molar-refractivity contribution in [2.75, 3.05) is 26.3 Å². The van der Waals surface area contributed by atoms with Crippen molar-refractivity contribution in [2.45, 2.75) is 44.2 Å². The summed E-state index contributed by atoms with van der Waals surface area (Å²) in [6, 6.07) is 3.31. The number of furan rings is 1. The normalized spacial score (nSPS) is 23.3. The highest BCUT2D eigenvalue weighted by molar-refractivity contribution is 5.74. The first-order valence-electron chi connectivity index (χ1n) is 8.57. The number of nitrogens with one attached hydrogen (secondary N) is 1. The third-order valence-corrected chi connectivity index (χ3v) is 4.91. The van der Waals surface area contributed by atoms with Crippen LogP contribution in [0.5, 0.6) is 0 Å². The van der Waals surface area contributed by atoms with Gasteiger partial charge in [0, 0.05) is 19.5 Å². The van der Waals surface area contributed by atoms with E-state index in [2.05, 4.69) is 5.32 Å². The summed E-state index contributed by atoms with van der Waals surface area (Å²) in [5.41, 5.74) is 0. The van der Waals surface area contributed by atoms with Crippen LogP contribution in [0.4, 0.5) is 4.79 Å². The first-order chi connectivity index (χ1) is 11.2. The first-order valence-corrected chi connectivity index (χ1v) is 8.57. The van der Waals surface area contributed by atoms with Crippen LogP contribution in [0.2, 0.25) is 0 Å². The van der Waals surface area contributed by atoms with E-state index < -0.39 is 6.10 Å². The number of urea groups is 1. The zero-order valence-electron chi connectivity index (χ0n) is 13.4. The van der Waals surface area contributed by atoms with E-state index in [1.807, 2.05) is 0 Å². The van der Waals surface area contributed by atoms with Gasteiger partial charge in [-0.1, -0.05) is 19.3 Å². The number of aliphatic hydroxyl groups excluding tert-OH is 1. The highest BCUT2D eigenvalue weighted by atomic mass is 16.5. The number of hydrogen-bond donors (Lipinski definition) is 2. The molecule has 1 saturated carbocycles. The van der Waals surface area contributed by atoms with E-state index in [9.17, 15) is 9.90 Å². The first kappa shape index (κ1) is 16.3. The molecule has 1 aliphatic heterocycles. The SMILES string of the molecule is O=C(NCCC1CCC1)N1CCOCC1CC(O)c1ccco1. The lowest BCUT2D eigenvalue weighted by Gasteiger charge is -2.36. The van der Waals surface area contributed by atoms with Gasteiger partial charge in [0.25, 0.3) is 0 Å². The van der Waals surface area contributed by atoms with Crippen molar-refractivity contribution in [3.8, 4) is 0 Å². The number of amides is 2. The van der Waals surface area contributed by atoms with Crippen LogP contribution >= 0.6 is 0 Å². The smallest absolute Gasteiger partial charge is 0.317 e. The molecule has 1 aromatic rings. The van der Waals surface area contributed by atoms with Gasteiger partial charge in [0.15, 0.2) is 0 Å². The highest BCUT2D eigenvalue weighted by Crippen LogP contribution is 2.28. The molecule has 6 nitrogen and oxygen atoms in total. The molecule has 3 rings (SSSR count). The minimum absolute atomic E-state index is 0.0516. The van der Waals surface area contributed by atoms with E-state index in [0.717, 1.165) is 18.9 Å². The second-order valence-electron chi connectivity index (χ2n) is 6.51. The molecule has 6 heteroatoms. The Morgan fingerprint density at radius 1 is 1.48 bits per heavy atom. The number of ether oxygens (including phenoxy) is 1. The molecule has 0 spiro atoms. The van der Waals surface area contributed by atoms with Crippen LogP contribution in [0.1, 0.15) is 44.0 Å². The molecule has 2 heterocycles. The third kappa shape index (κ3) is 4.26. The maximum atomic E-state index is 12.4. The number of carbonyl (C=O) groups is 1. The molecule has 2 unspecified atom stereocenters. The van der Waals surface area contributed by atoms with Crippen molar-refractivity contribution < 1.29 is 19.1 Å². The van der Waals surface area contributed by atoms with E-state index in [4.69, 9.17) is 9.15 Å². The Balaban J connectivity index is 1.49. The van der Waals surface area contributed by atoms with Gasteiger partial charge in [-0.3, -0.25) is 0 Å². The quantitative estimate of drug-likeness (QED) is 0.843. The predicted octanol–water partition coefficient (Wildman–Crippen LogP) is 2.30. The van der Waals surface area contributed by atoms with Crippen LogP contribution < -0.4 is 5.32 Å². The fourth-order valence-electron chi connectivity index (χ4n) is 3.24. The Bertz CT molecular complexity index is 487. The van der Waals surface area contributed by atoms with Crippen molar-refractivity contribution in [3.63, 3.8) is 0 Å². The molecule has 2 N–H and O–H groups in total. The summed E-state index contributed by atoms with van der Waals surface area (Å²) < 4.78 is 10.7. The average molecular weight is 322 g/mol. The molecule has 0 bridgehead atoms. The topological polar surface area (TPSA) is 74.9 Å². The Kier molecular flexibility index (Phi) is 5.56. The Hall–Kier alpha value is -1.53. The van der Waals surface area contributed by atoms with E-state index in [1.54, 1.807) is 23.3 Å². The minimum atomic E-state index is -0.720. The molecule has 2 atom stereocenters. The largest absolute Gasteiger partial charge is 0.467 e. The molecule has 2 amide bonds. The van der Waals surface area contributed by atoms with Gasteiger partial charge in [-0.2, -0.15) is 0 Å². The maximum absolute atomic E-state index is 12.4. The van der Waals surface area contributed by atoms with Gasteiger partial charge < -0.3 is 24.5 Å². The number of aliphatic hydroxyl groups is 1. The predicted molar refractivity (Wildman–Crippen MR) is 85.0 cm³/mol. The second kappa shape index (κ2) is 7.84. The minimum Gasteiger partial charge on any atom is -0.467 e. The molecular weight excluding hydrogens is 296 g/mol. The Morgan fingerprint density at radius 2 is 2.35 bits per heavy atom. The lowest BCUT2D eigenvalue weighted by molar-refractivity contribution is -0.00972. The summed E-state index contributed by atoms with van der Waals surface area (Å²) in [7, 11) is 0. The van der Waals surface area contributed by atoms with Crippen LogP contribution in [-0.2, 0) is 4.74 Å². The summed E-state index contributed by atoms with van der Waals surface area (Å²) in [5.74, 6) is 1.32. The van der Waals surface area contributed by atoms with E-state index in [0.29, 0.717) is 31.9 Å². The number of nitrogens with zero attached hydrogens (tertiary/aromatic N) is 1. The van der Waals surface area contributed by atoms with Crippen LogP contribution in [-0.4, -0.2) is 48.4 Å². The van der Waals surface area contributed by atoms with Crippen LogP contribution in [0, 0.1) is 5.92 Å². The zero-order valence-corrected chi connectivity index (χ0v) is 13.4. The summed E-state index contributed by atoms with van der Waals surface area (Å²) in [6.07, 6.45) is 6.23. The standard InChI is InChI=1S/C17H26N2O4/c20-15(16-5-2-9-23-16)11-14-12-22-10-8-19(14)17(21)18-7-6-13-3-1-4-13/h2,5,9,13-15,20H,1,3-4,6-8,10-12H2,(H,18,21). The van der Waals surface area contributed by atoms with Gasteiger partial charge in [0.2, 0.25) is 0 Å². The zero-order chi connectivity index (χ0) is 16.1. The fraction of sp³-hybridized carbons (Fsp3) is 0.706. The molecule has 23 heavy (non-hydrogen) atoms. The molecule has 2 fully saturated rings. The van der Waals surface area contributed by atoms with E-state index >= 15 is 0 Å². The van der Waals surface area contributed by atoms with Crippen molar-refractivity contribution >= 4 is 6.03 Å². The lowest BCUT2D eigenvalue weighted by atomic mass is 9.83. The second-order valence-corrected chi connectivity index (χ2v) is 6.51. The van der Waals surface area contributed by atoms with Gasteiger partial charge in [0.05, 0.1) is 25.5 Å². The van der Waals surface area contributed by atoms with Crippen LogP contribution in [0.15, 0.2) is 22.8 Å². The number of morpholine rings is 1. The van der Waals surface area contributed by atoms with Crippen molar-refractivity contribution in [2.24, 2.45) is 5.92 Å². The average Bonchev–Trinajstić information content (AvgIpc) is 3.04. The highest BCUT2D eigenvalue weighted by Gasteiger charge is 2.30. The molecule has 1 saturated heterocycles. The van der Waals surface area contributed by atoms with Crippen molar-refractivity contribution in [3.05, 3.63) is 24.2 Å². The lowest BCUT2D eigenvalue weighted by Crippen LogP contribution is -2.53. The van der Waals surface area contributed by atoms with Crippen LogP contribution in [0.3, 0.4) is 0 Å². The molecule has 1 aromatic heterocycles. The van der Waals surface area contributed by atoms with Gasteiger partial charge in [-0.05, 0) is 24.5 Å². The monoisotopic (exact) mass is 322 g/mol. The maximum Gasteiger partial charge on any atom is 0.317 e. The number of rotatable bonds is 6. The molecule has 128 valence electrons. The molecule has 0 aromatic carbocycles. The van der Waals surface area contributed by atoms with E-state index in [-0.39, 0.29) is 12.1 Å². The molecule has 2 aliphatic rings. The summed E-state index contributed by atoms with van der Waals surface area (Å²) in [4.78, 5) is 14.2. The Labute approximate surface area is 136 Å². The number of carbonyl (C=O) groups excluding carboxylic acids is 1. The van der Waals surface area contributed by atoms with Crippen molar-refractivity contribution in [1.82, 2.24) is 10.2 Å². The molecular formula is C17H26N2O4. The Morgan fingerprint density at radius 3 is 3.04 bits per heavy atom. The summed E-state index contributed by atoms with van der Waals surface area (Å²) in [6.45, 7) is 2.29. The summed E-state index contributed by atoms with van der Waals surface area (Å²) >= 11 is 0. The third-order valence-electron chi connectivity index (χ3n) is 4.91. The fourth-order valence-corrected chi connectivity index (χ4v) is 3.24. The van der Waals surface area contributed by atoms with Gasteiger partial charge in [0.1, 0.15) is 11.9 Å². The molecule has 0 radical (unpaired) electrons. The van der Waals surface area contributed by atoms with Gasteiger partial charge >= 0.3 is 6.03 Å². The van der Waals surface area contributed by atoms with E-state index in [1.165, 1.54) is 19.3 Å². The van der Waals surface area contributed by atoms with Crippen LogP contribution in [0.25, 0.3) is 0 Å². The van der Waals surface area contributed by atoms with Gasteiger partial charge in [-0.15, -0.1) is 0 Å².